The Labute approximate surface area is 97.6 Å². The standard InChI is InChI=1S/C15H18N/c1-3-15(4-2)10-9-13-14(15)11-7-5-6-8-12(11)16-13/h5-8H,3-4,9-10H2,1-2H3. The zero-order valence-electron chi connectivity index (χ0n) is 10.1. The Hall–Kier alpha value is -1.24. The summed E-state index contributed by atoms with van der Waals surface area (Å²) in [4.78, 5) is 0. The van der Waals surface area contributed by atoms with E-state index in [0.717, 1.165) is 0 Å². The van der Waals surface area contributed by atoms with E-state index in [1.54, 1.807) is 5.57 Å². The molecule has 1 aromatic rings. The predicted molar refractivity (Wildman–Crippen MR) is 67.4 cm³/mol. The van der Waals surface area contributed by atoms with E-state index in [0.29, 0.717) is 5.41 Å². The number of fused-ring (bicyclic) bond motifs is 2. The van der Waals surface area contributed by atoms with Gasteiger partial charge in [-0.15, -0.1) is 0 Å². The Morgan fingerprint density at radius 2 is 1.94 bits per heavy atom. The van der Waals surface area contributed by atoms with Crippen LogP contribution in [-0.4, -0.2) is 0 Å². The molecular weight excluding hydrogens is 194 g/mol. The maximum absolute atomic E-state index is 4.78. The molecule has 1 heteroatoms. The highest BCUT2D eigenvalue weighted by atomic mass is 14.9. The minimum Gasteiger partial charge on any atom is -0.252 e. The first-order valence-electron chi connectivity index (χ1n) is 6.35. The molecule has 0 amide bonds. The average molecular weight is 212 g/mol. The van der Waals surface area contributed by atoms with Gasteiger partial charge < -0.3 is 0 Å². The van der Waals surface area contributed by atoms with Crippen molar-refractivity contribution in [1.29, 1.82) is 0 Å². The van der Waals surface area contributed by atoms with E-state index in [4.69, 9.17) is 5.32 Å². The van der Waals surface area contributed by atoms with Gasteiger partial charge in [-0.25, -0.2) is 0 Å². The number of allylic oxidation sites excluding steroid dienone is 2. The number of hydrogen-bond acceptors (Lipinski definition) is 0. The van der Waals surface area contributed by atoms with Gasteiger partial charge in [0, 0.05) is 11.3 Å². The van der Waals surface area contributed by atoms with Crippen molar-refractivity contribution in [2.75, 3.05) is 0 Å². The minimum absolute atomic E-state index is 0.408. The molecule has 3 rings (SSSR count). The zero-order chi connectivity index (χ0) is 11.2. The van der Waals surface area contributed by atoms with E-state index in [1.807, 2.05) is 0 Å². The fourth-order valence-corrected chi connectivity index (χ4v) is 3.35. The van der Waals surface area contributed by atoms with Crippen LogP contribution in [0.2, 0.25) is 0 Å². The Kier molecular flexibility index (Phi) is 2.10. The summed E-state index contributed by atoms with van der Waals surface area (Å²) in [5, 5.41) is 4.78. The third-order valence-electron chi connectivity index (χ3n) is 4.44. The van der Waals surface area contributed by atoms with Gasteiger partial charge in [-0.05, 0) is 42.7 Å². The molecule has 0 bridgehead atoms. The van der Waals surface area contributed by atoms with E-state index >= 15 is 0 Å². The van der Waals surface area contributed by atoms with Crippen LogP contribution in [0.15, 0.2) is 30.0 Å². The number of rotatable bonds is 2. The van der Waals surface area contributed by atoms with Gasteiger partial charge >= 0.3 is 0 Å². The van der Waals surface area contributed by atoms with Crippen molar-refractivity contribution in [3.05, 3.63) is 35.5 Å². The van der Waals surface area contributed by atoms with Gasteiger partial charge in [0.2, 0.25) is 0 Å². The van der Waals surface area contributed by atoms with Crippen LogP contribution in [0, 0.1) is 5.41 Å². The van der Waals surface area contributed by atoms with Crippen LogP contribution in [0.3, 0.4) is 0 Å². The molecule has 1 aromatic carbocycles. The summed E-state index contributed by atoms with van der Waals surface area (Å²) < 4.78 is 0. The second kappa shape index (κ2) is 3.38. The van der Waals surface area contributed by atoms with Crippen LogP contribution in [0.5, 0.6) is 0 Å². The topological polar surface area (TPSA) is 14.1 Å². The van der Waals surface area contributed by atoms with Crippen molar-refractivity contribution in [1.82, 2.24) is 5.32 Å². The first kappa shape index (κ1) is 9.95. The molecule has 0 fully saturated rings. The first-order valence-corrected chi connectivity index (χ1v) is 6.35. The maximum Gasteiger partial charge on any atom is 0.0709 e. The summed E-state index contributed by atoms with van der Waals surface area (Å²) in [5.41, 5.74) is 5.93. The van der Waals surface area contributed by atoms with Crippen LogP contribution in [0.1, 0.15) is 45.1 Å². The molecule has 1 radical (unpaired) electrons. The van der Waals surface area contributed by atoms with Crippen molar-refractivity contribution in [3.63, 3.8) is 0 Å². The zero-order valence-corrected chi connectivity index (χ0v) is 10.1. The molecule has 0 saturated carbocycles. The van der Waals surface area contributed by atoms with E-state index in [9.17, 15) is 0 Å². The fourth-order valence-electron chi connectivity index (χ4n) is 3.35. The molecule has 1 aliphatic carbocycles. The highest BCUT2D eigenvalue weighted by Gasteiger charge is 2.42. The van der Waals surface area contributed by atoms with E-state index in [2.05, 4.69) is 38.1 Å². The summed E-state index contributed by atoms with van der Waals surface area (Å²) in [6, 6.07) is 8.61. The SMILES string of the molecule is CCC1(CC)CCC2=C1c1ccccc1[N]2. The van der Waals surface area contributed by atoms with Gasteiger partial charge in [0.25, 0.3) is 0 Å². The molecule has 0 spiro atoms. The van der Waals surface area contributed by atoms with Gasteiger partial charge in [0.15, 0.2) is 0 Å². The second-order valence-electron chi connectivity index (χ2n) is 4.94. The van der Waals surface area contributed by atoms with Crippen molar-refractivity contribution in [2.45, 2.75) is 39.5 Å². The van der Waals surface area contributed by atoms with Gasteiger partial charge in [-0.3, -0.25) is 5.32 Å². The molecule has 0 N–H and O–H groups in total. The lowest BCUT2D eigenvalue weighted by Crippen LogP contribution is -2.16. The summed E-state index contributed by atoms with van der Waals surface area (Å²) in [7, 11) is 0. The summed E-state index contributed by atoms with van der Waals surface area (Å²) in [5.74, 6) is 0. The van der Waals surface area contributed by atoms with Crippen LogP contribution in [0.4, 0.5) is 5.69 Å². The van der Waals surface area contributed by atoms with Crippen LogP contribution >= 0.6 is 0 Å². The molecule has 1 heterocycles. The molecular formula is C15H18N. The third kappa shape index (κ3) is 1.12. The van der Waals surface area contributed by atoms with Crippen LogP contribution < -0.4 is 5.32 Å². The van der Waals surface area contributed by atoms with Crippen molar-refractivity contribution in [3.8, 4) is 0 Å². The largest absolute Gasteiger partial charge is 0.252 e. The van der Waals surface area contributed by atoms with Gasteiger partial charge in [0.1, 0.15) is 0 Å². The van der Waals surface area contributed by atoms with Gasteiger partial charge in [0.05, 0.1) is 5.69 Å². The quantitative estimate of drug-likeness (QED) is 0.696. The normalized spacial score (nSPS) is 20.6. The molecule has 83 valence electrons. The molecule has 16 heavy (non-hydrogen) atoms. The highest BCUT2D eigenvalue weighted by Crippen LogP contribution is 2.57. The second-order valence-corrected chi connectivity index (χ2v) is 4.94. The summed E-state index contributed by atoms with van der Waals surface area (Å²) in [6.07, 6.45) is 4.95. The van der Waals surface area contributed by atoms with Gasteiger partial charge in [-0.1, -0.05) is 32.0 Å². The van der Waals surface area contributed by atoms with Crippen molar-refractivity contribution >= 4 is 11.3 Å². The summed E-state index contributed by atoms with van der Waals surface area (Å²) in [6.45, 7) is 4.64. The maximum atomic E-state index is 4.78. The Morgan fingerprint density at radius 1 is 1.19 bits per heavy atom. The van der Waals surface area contributed by atoms with Crippen molar-refractivity contribution < 1.29 is 0 Å². The van der Waals surface area contributed by atoms with E-state index < -0.39 is 0 Å². The molecule has 0 saturated heterocycles. The smallest absolute Gasteiger partial charge is 0.0709 e. The summed E-state index contributed by atoms with van der Waals surface area (Å²) >= 11 is 0. The number of nitrogens with zero attached hydrogens (tertiary/aromatic N) is 1. The van der Waals surface area contributed by atoms with Gasteiger partial charge in [-0.2, -0.15) is 0 Å². The molecule has 1 aliphatic heterocycles. The number of hydrogen-bond donors (Lipinski definition) is 0. The van der Waals surface area contributed by atoms with E-state index in [1.165, 1.54) is 42.6 Å². The van der Waals surface area contributed by atoms with Crippen molar-refractivity contribution in [2.24, 2.45) is 5.41 Å². The third-order valence-corrected chi connectivity index (χ3v) is 4.44. The number of benzene rings is 1. The average Bonchev–Trinajstić information content (AvgIpc) is 2.86. The number of para-hydroxylation sites is 1. The molecule has 0 atom stereocenters. The van der Waals surface area contributed by atoms with Crippen LogP contribution in [0.25, 0.3) is 5.57 Å². The minimum atomic E-state index is 0.408. The Bertz CT molecular complexity index is 452. The fraction of sp³-hybridized carbons (Fsp3) is 0.467. The van der Waals surface area contributed by atoms with E-state index in [-0.39, 0.29) is 0 Å². The first-order chi connectivity index (χ1) is 7.80. The Balaban J connectivity index is 2.14. The molecule has 0 unspecified atom stereocenters. The molecule has 2 aliphatic rings. The van der Waals surface area contributed by atoms with Crippen LogP contribution in [-0.2, 0) is 0 Å². The lowest BCUT2D eigenvalue weighted by Gasteiger charge is -2.29. The predicted octanol–water partition coefficient (Wildman–Crippen LogP) is 4.25. The lowest BCUT2D eigenvalue weighted by atomic mass is 9.74. The monoisotopic (exact) mass is 212 g/mol. The Morgan fingerprint density at radius 3 is 2.69 bits per heavy atom. The molecule has 0 aromatic heterocycles. The molecule has 1 nitrogen and oxygen atoms in total. The lowest BCUT2D eigenvalue weighted by molar-refractivity contribution is 0.360. The highest BCUT2D eigenvalue weighted by molar-refractivity contribution is 5.86.